The minimum Gasteiger partial charge on any atom is -0.478 e. The van der Waals surface area contributed by atoms with Crippen LogP contribution in [0.15, 0.2) is 24.3 Å². The van der Waals surface area contributed by atoms with Gasteiger partial charge in [0.15, 0.2) is 0 Å². The Bertz CT molecular complexity index is 1120. The van der Waals surface area contributed by atoms with Crippen LogP contribution in [0.4, 0.5) is 4.39 Å². The van der Waals surface area contributed by atoms with E-state index in [0.717, 1.165) is 35.7 Å². The van der Waals surface area contributed by atoms with Crippen molar-refractivity contribution < 1.29 is 14.3 Å². The van der Waals surface area contributed by atoms with E-state index >= 15 is 0 Å². The highest BCUT2D eigenvalue weighted by Gasteiger charge is 2.64. The monoisotopic (exact) mass is 492 g/mol. The lowest BCUT2D eigenvalue weighted by atomic mass is 9.36. The zero-order valence-corrected chi connectivity index (χ0v) is 23.0. The second-order valence-corrected chi connectivity index (χ2v) is 14.7. The summed E-state index contributed by atoms with van der Waals surface area (Å²) in [5.41, 5.74) is 3.07. The molecule has 1 N–H and O–H groups in total. The molecule has 0 heterocycles. The van der Waals surface area contributed by atoms with Gasteiger partial charge in [0.25, 0.3) is 0 Å². The molecule has 4 fully saturated rings. The molecule has 0 bridgehead atoms. The quantitative estimate of drug-likeness (QED) is 0.447. The fraction of sp³-hybridized carbons (Fsp3) is 0.727. The molecule has 0 amide bonds. The van der Waals surface area contributed by atoms with Gasteiger partial charge in [-0.25, -0.2) is 9.18 Å². The second kappa shape index (κ2) is 7.93. The van der Waals surface area contributed by atoms with Crippen LogP contribution < -0.4 is 0 Å². The summed E-state index contributed by atoms with van der Waals surface area (Å²) in [6.45, 7) is 12.6. The number of carbonyl (C=O) groups is 1. The Kier molecular flexibility index (Phi) is 5.44. The molecule has 4 saturated carbocycles. The first-order chi connectivity index (χ1) is 16.9. The molecular formula is C33H45FO2. The van der Waals surface area contributed by atoms with Crippen LogP contribution in [-0.4, -0.2) is 11.1 Å². The van der Waals surface area contributed by atoms with E-state index in [2.05, 4.69) is 40.7 Å². The Balaban J connectivity index is 1.34. The maximum absolute atomic E-state index is 14.7. The predicted molar refractivity (Wildman–Crippen MR) is 143 cm³/mol. The van der Waals surface area contributed by atoms with Crippen molar-refractivity contribution in [2.24, 2.45) is 51.2 Å². The van der Waals surface area contributed by atoms with Gasteiger partial charge in [-0.1, -0.05) is 53.2 Å². The smallest absolute Gasteiger partial charge is 0.338 e. The first kappa shape index (κ1) is 24.7. The van der Waals surface area contributed by atoms with Crippen molar-refractivity contribution >= 4 is 11.5 Å². The molecule has 4 unspecified atom stereocenters. The van der Waals surface area contributed by atoms with E-state index in [1.165, 1.54) is 75.5 Å². The van der Waals surface area contributed by atoms with Gasteiger partial charge in [-0.05, 0) is 132 Å². The highest BCUT2D eigenvalue weighted by atomic mass is 19.1. The zero-order valence-electron chi connectivity index (χ0n) is 23.0. The number of hydrogen-bond acceptors (Lipinski definition) is 1. The van der Waals surface area contributed by atoms with Gasteiger partial charge in [-0.3, -0.25) is 0 Å². The Morgan fingerprint density at radius 3 is 2.39 bits per heavy atom. The van der Waals surface area contributed by atoms with Crippen molar-refractivity contribution in [1.82, 2.24) is 0 Å². The van der Waals surface area contributed by atoms with Crippen LogP contribution in [0.2, 0.25) is 0 Å². The van der Waals surface area contributed by atoms with Gasteiger partial charge in [0.1, 0.15) is 5.82 Å². The van der Waals surface area contributed by atoms with Crippen LogP contribution in [0.1, 0.15) is 115 Å². The minimum absolute atomic E-state index is 0.0705. The SMILES string of the molecule is CC1(C)C(c2ccc(C(=O)O)c(F)c2)=CC[C@@]2(C)C1CC[C@@]1(C)C3CC[C@@]4(C)CCCC4[C@H]3CCC12. The summed E-state index contributed by atoms with van der Waals surface area (Å²) in [6.07, 6.45) is 16.1. The van der Waals surface area contributed by atoms with Crippen LogP contribution in [0.25, 0.3) is 5.57 Å². The average molecular weight is 493 g/mol. The number of rotatable bonds is 2. The molecule has 5 aliphatic rings. The number of fused-ring (bicyclic) bond motifs is 7. The third-order valence-electron chi connectivity index (χ3n) is 13.0. The molecule has 5 aliphatic carbocycles. The van der Waals surface area contributed by atoms with Gasteiger partial charge >= 0.3 is 5.97 Å². The molecule has 1 aromatic rings. The molecule has 1 aromatic carbocycles. The third-order valence-corrected chi connectivity index (χ3v) is 13.0. The molecule has 36 heavy (non-hydrogen) atoms. The number of carboxylic acid groups (broad SMARTS) is 1. The fourth-order valence-electron chi connectivity index (χ4n) is 11.5. The molecule has 0 spiro atoms. The van der Waals surface area contributed by atoms with E-state index in [4.69, 9.17) is 0 Å². The van der Waals surface area contributed by atoms with E-state index < -0.39 is 11.8 Å². The van der Waals surface area contributed by atoms with Crippen molar-refractivity contribution in [1.29, 1.82) is 0 Å². The number of carboxylic acids is 1. The lowest BCUT2D eigenvalue weighted by Gasteiger charge is -2.68. The first-order valence-electron chi connectivity index (χ1n) is 14.7. The normalized spacial score (nSPS) is 45.1. The molecule has 0 aliphatic heterocycles. The highest BCUT2D eigenvalue weighted by molar-refractivity contribution is 5.88. The maximum Gasteiger partial charge on any atom is 0.338 e. The van der Waals surface area contributed by atoms with Crippen LogP contribution in [-0.2, 0) is 0 Å². The van der Waals surface area contributed by atoms with Crippen molar-refractivity contribution in [2.75, 3.05) is 0 Å². The van der Waals surface area contributed by atoms with Crippen LogP contribution >= 0.6 is 0 Å². The zero-order chi connectivity index (χ0) is 25.7. The molecule has 0 saturated heterocycles. The fourth-order valence-corrected chi connectivity index (χ4v) is 11.5. The Hall–Kier alpha value is -1.64. The molecule has 2 nitrogen and oxygen atoms in total. The van der Waals surface area contributed by atoms with Crippen molar-refractivity contribution in [3.05, 3.63) is 41.2 Å². The Morgan fingerprint density at radius 1 is 0.889 bits per heavy atom. The Labute approximate surface area is 217 Å². The van der Waals surface area contributed by atoms with E-state index in [9.17, 15) is 14.3 Å². The topological polar surface area (TPSA) is 37.3 Å². The van der Waals surface area contributed by atoms with E-state index in [-0.39, 0.29) is 16.4 Å². The summed E-state index contributed by atoms with van der Waals surface area (Å²) < 4.78 is 14.7. The lowest BCUT2D eigenvalue weighted by molar-refractivity contribution is -0.176. The second-order valence-electron chi connectivity index (χ2n) is 14.7. The van der Waals surface area contributed by atoms with Crippen LogP contribution in [0, 0.1) is 57.1 Å². The van der Waals surface area contributed by atoms with E-state index in [0.29, 0.717) is 16.7 Å². The van der Waals surface area contributed by atoms with Crippen LogP contribution in [0.5, 0.6) is 0 Å². The van der Waals surface area contributed by atoms with Crippen LogP contribution in [0.3, 0.4) is 0 Å². The maximum atomic E-state index is 14.7. The largest absolute Gasteiger partial charge is 0.478 e. The third kappa shape index (κ3) is 3.22. The summed E-state index contributed by atoms with van der Waals surface area (Å²) >= 11 is 0. The summed E-state index contributed by atoms with van der Waals surface area (Å²) in [6, 6.07) is 4.72. The predicted octanol–water partition coefficient (Wildman–Crippen LogP) is 9.00. The van der Waals surface area contributed by atoms with E-state index in [1.807, 2.05) is 6.07 Å². The molecule has 196 valence electrons. The van der Waals surface area contributed by atoms with Gasteiger partial charge in [0.2, 0.25) is 0 Å². The number of benzene rings is 1. The molecule has 6 rings (SSSR count). The first-order valence-corrected chi connectivity index (χ1v) is 14.7. The summed E-state index contributed by atoms with van der Waals surface area (Å²) in [7, 11) is 0. The van der Waals surface area contributed by atoms with Gasteiger partial charge in [0.05, 0.1) is 5.56 Å². The van der Waals surface area contributed by atoms with Gasteiger partial charge < -0.3 is 5.11 Å². The van der Waals surface area contributed by atoms with Crippen molar-refractivity contribution in [3.8, 4) is 0 Å². The summed E-state index contributed by atoms with van der Waals surface area (Å²) in [5, 5.41) is 9.28. The molecular weight excluding hydrogens is 447 g/mol. The number of halogens is 1. The van der Waals surface area contributed by atoms with Crippen molar-refractivity contribution in [3.63, 3.8) is 0 Å². The van der Waals surface area contributed by atoms with Crippen molar-refractivity contribution in [2.45, 2.75) is 98.8 Å². The van der Waals surface area contributed by atoms with Gasteiger partial charge in [-0.15, -0.1) is 0 Å². The highest BCUT2D eigenvalue weighted by Crippen LogP contribution is 2.73. The van der Waals surface area contributed by atoms with Gasteiger partial charge in [0, 0.05) is 0 Å². The number of aromatic carboxylic acids is 1. The summed E-state index contributed by atoms with van der Waals surface area (Å²) in [4.78, 5) is 11.4. The Morgan fingerprint density at radius 2 is 1.67 bits per heavy atom. The molecule has 8 atom stereocenters. The minimum atomic E-state index is -1.20. The van der Waals surface area contributed by atoms with Gasteiger partial charge in [-0.2, -0.15) is 0 Å². The molecule has 0 aromatic heterocycles. The number of hydrogen-bond donors (Lipinski definition) is 1. The lowest BCUT2D eigenvalue weighted by Crippen LogP contribution is -2.60. The van der Waals surface area contributed by atoms with E-state index in [1.54, 1.807) is 0 Å². The standard InChI is InChI=1S/C33H45FO2/c1-30(2)23(20-8-9-22(29(35)36)26(34)19-20)13-17-33(5)27(30)14-18-32(4)25-12-16-31(3)15-6-7-24(31)21(25)10-11-28(32)33/h8-9,13,19,21,24-25,27-28H,6-7,10-12,14-18H2,1-5H3,(H,35,36)/t21-,24?,25?,27?,28?,31-,32+,33+/m1/s1. The number of allylic oxidation sites excluding steroid dienone is 2. The molecule has 0 radical (unpaired) electrons. The molecule has 3 heteroatoms. The summed E-state index contributed by atoms with van der Waals surface area (Å²) in [5.74, 6) is 2.25. The average Bonchev–Trinajstić information content (AvgIpc) is 3.20.